The molecule has 0 radical (unpaired) electrons. The van der Waals surface area contributed by atoms with Gasteiger partial charge < -0.3 is 14.7 Å². The fourth-order valence-electron chi connectivity index (χ4n) is 5.56. The summed E-state index contributed by atoms with van der Waals surface area (Å²) in [6, 6.07) is 18.8. The third-order valence-corrected chi connectivity index (χ3v) is 6.61. The van der Waals surface area contributed by atoms with Crippen molar-refractivity contribution in [2.24, 2.45) is 0 Å². The second-order valence-corrected chi connectivity index (χ2v) is 9.91. The SMILES string of the molecule is CC(C)(C)OC(=O)N1C2CCC1CC(O)(c1c3ccccc3cc3ccccc13)C2. The summed E-state index contributed by atoms with van der Waals surface area (Å²) in [5.74, 6) is 0. The van der Waals surface area contributed by atoms with E-state index in [1.807, 2.05) is 49.9 Å². The largest absolute Gasteiger partial charge is 0.444 e. The van der Waals surface area contributed by atoms with Gasteiger partial charge in [0.1, 0.15) is 5.60 Å². The summed E-state index contributed by atoms with van der Waals surface area (Å²) in [6.07, 6.45) is 2.66. The molecule has 156 valence electrons. The van der Waals surface area contributed by atoms with E-state index in [1.165, 1.54) is 0 Å². The molecule has 2 heterocycles. The molecule has 30 heavy (non-hydrogen) atoms. The van der Waals surface area contributed by atoms with Crippen LogP contribution < -0.4 is 0 Å². The van der Waals surface area contributed by atoms with Gasteiger partial charge >= 0.3 is 6.09 Å². The number of carbonyl (C=O) groups excluding carboxylic acids is 1. The number of benzene rings is 3. The maximum absolute atomic E-state index is 12.9. The third kappa shape index (κ3) is 3.14. The number of amides is 1. The monoisotopic (exact) mass is 403 g/mol. The molecule has 4 nitrogen and oxygen atoms in total. The summed E-state index contributed by atoms with van der Waals surface area (Å²) in [7, 11) is 0. The Morgan fingerprint density at radius 3 is 1.97 bits per heavy atom. The minimum atomic E-state index is -0.967. The van der Waals surface area contributed by atoms with Crippen LogP contribution in [-0.2, 0) is 10.3 Å². The van der Waals surface area contributed by atoms with E-state index < -0.39 is 11.2 Å². The number of ether oxygens (including phenoxy) is 1. The van der Waals surface area contributed by atoms with Crippen molar-refractivity contribution in [1.82, 2.24) is 4.90 Å². The fourth-order valence-corrected chi connectivity index (χ4v) is 5.56. The Hall–Kier alpha value is -2.59. The standard InChI is InChI=1S/C26H29NO3/c1-25(2,3)30-24(28)27-19-12-13-20(27)16-26(29,15-19)23-21-10-6-4-8-17(21)14-18-9-5-7-11-22(18)23/h4-11,14,19-20,29H,12-13,15-16H2,1-3H3. The van der Waals surface area contributed by atoms with Gasteiger partial charge in [0.2, 0.25) is 0 Å². The van der Waals surface area contributed by atoms with Gasteiger partial charge in [0.25, 0.3) is 0 Å². The van der Waals surface area contributed by atoms with Crippen LogP contribution in [0.25, 0.3) is 21.5 Å². The Morgan fingerprint density at radius 2 is 1.47 bits per heavy atom. The van der Waals surface area contributed by atoms with Crippen LogP contribution in [0.5, 0.6) is 0 Å². The minimum Gasteiger partial charge on any atom is -0.444 e. The highest BCUT2D eigenvalue weighted by Crippen LogP contribution is 2.49. The van der Waals surface area contributed by atoms with Crippen LogP contribution in [0.4, 0.5) is 4.79 Å². The first-order valence-corrected chi connectivity index (χ1v) is 10.9. The summed E-state index contributed by atoms with van der Waals surface area (Å²) < 4.78 is 5.68. The molecule has 1 N–H and O–H groups in total. The molecule has 2 aliphatic heterocycles. The van der Waals surface area contributed by atoms with Crippen LogP contribution in [0, 0.1) is 0 Å². The lowest BCUT2D eigenvalue weighted by atomic mass is 9.76. The maximum atomic E-state index is 12.9. The molecule has 2 saturated heterocycles. The fraction of sp³-hybridized carbons (Fsp3) is 0.423. The van der Waals surface area contributed by atoms with Crippen molar-refractivity contribution in [2.45, 2.75) is 69.7 Å². The number of hydrogen-bond donors (Lipinski definition) is 1. The second-order valence-electron chi connectivity index (χ2n) is 9.91. The normalized spacial score (nSPS) is 26.3. The topological polar surface area (TPSA) is 49.8 Å². The van der Waals surface area contributed by atoms with Crippen molar-refractivity contribution in [3.05, 3.63) is 60.2 Å². The molecule has 0 aliphatic carbocycles. The molecule has 1 amide bonds. The van der Waals surface area contributed by atoms with Gasteiger partial charge in [-0.15, -0.1) is 0 Å². The van der Waals surface area contributed by atoms with Crippen LogP contribution in [0.15, 0.2) is 54.6 Å². The summed E-state index contributed by atoms with van der Waals surface area (Å²) in [6.45, 7) is 5.69. The van der Waals surface area contributed by atoms with Crippen molar-refractivity contribution in [3.8, 4) is 0 Å². The highest BCUT2D eigenvalue weighted by atomic mass is 16.6. The predicted molar refractivity (Wildman–Crippen MR) is 119 cm³/mol. The average Bonchev–Trinajstić information content (AvgIpc) is 2.97. The third-order valence-electron chi connectivity index (χ3n) is 6.61. The van der Waals surface area contributed by atoms with Gasteiger partial charge in [-0.1, -0.05) is 48.5 Å². The lowest BCUT2D eigenvalue weighted by molar-refractivity contribution is -0.0608. The molecule has 2 aliphatic rings. The molecule has 2 atom stereocenters. The van der Waals surface area contributed by atoms with E-state index in [9.17, 15) is 9.90 Å². The Bertz CT molecular complexity index is 1060. The van der Waals surface area contributed by atoms with Crippen molar-refractivity contribution in [2.75, 3.05) is 0 Å². The molecule has 3 aromatic rings. The second kappa shape index (κ2) is 6.71. The van der Waals surface area contributed by atoms with Gasteiger partial charge in [0.15, 0.2) is 0 Å². The van der Waals surface area contributed by atoms with Crippen LogP contribution in [0.3, 0.4) is 0 Å². The van der Waals surface area contributed by atoms with E-state index in [-0.39, 0.29) is 18.2 Å². The molecule has 2 bridgehead atoms. The predicted octanol–water partition coefficient (Wildman–Crippen LogP) is 5.74. The number of rotatable bonds is 1. The van der Waals surface area contributed by atoms with E-state index >= 15 is 0 Å². The smallest absolute Gasteiger partial charge is 0.410 e. The molecule has 0 saturated carbocycles. The van der Waals surface area contributed by atoms with Crippen LogP contribution in [0.1, 0.15) is 52.0 Å². The molecule has 0 aromatic heterocycles. The number of nitrogens with zero attached hydrogens (tertiary/aromatic N) is 1. The molecule has 2 fully saturated rings. The van der Waals surface area contributed by atoms with Crippen LogP contribution in [0.2, 0.25) is 0 Å². The first-order valence-electron chi connectivity index (χ1n) is 10.9. The Labute approximate surface area is 177 Å². The maximum Gasteiger partial charge on any atom is 0.410 e. The van der Waals surface area contributed by atoms with Gasteiger partial charge in [0, 0.05) is 24.9 Å². The van der Waals surface area contributed by atoms with Crippen molar-refractivity contribution in [1.29, 1.82) is 0 Å². The molecule has 5 rings (SSSR count). The average molecular weight is 404 g/mol. The Kier molecular flexibility index (Phi) is 4.33. The molecular formula is C26H29NO3. The van der Waals surface area contributed by atoms with Gasteiger partial charge in [-0.2, -0.15) is 0 Å². The number of piperidine rings is 1. The van der Waals surface area contributed by atoms with E-state index in [4.69, 9.17) is 4.74 Å². The van der Waals surface area contributed by atoms with Gasteiger partial charge in [-0.3, -0.25) is 0 Å². The van der Waals surface area contributed by atoms with Gasteiger partial charge in [-0.25, -0.2) is 4.79 Å². The minimum absolute atomic E-state index is 0.00123. The van der Waals surface area contributed by atoms with E-state index in [0.29, 0.717) is 12.8 Å². The molecule has 3 aromatic carbocycles. The quantitative estimate of drug-likeness (QED) is 0.527. The van der Waals surface area contributed by atoms with E-state index in [0.717, 1.165) is 39.9 Å². The zero-order valence-electron chi connectivity index (χ0n) is 17.9. The number of fused-ring (bicyclic) bond motifs is 4. The van der Waals surface area contributed by atoms with E-state index in [1.54, 1.807) is 0 Å². The van der Waals surface area contributed by atoms with Crippen LogP contribution >= 0.6 is 0 Å². The first kappa shape index (κ1) is 19.4. The van der Waals surface area contributed by atoms with Crippen molar-refractivity contribution in [3.63, 3.8) is 0 Å². The number of hydrogen-bond acceptors (Lipinski definition) is 3. The van der Waals surface area contributed by atoms with E-state index in [2.05, 4.69) is 30.3 Å². The lowest BCUT2D eigenvalue weighted by Gasteiger charge is -2.44. The molecule has 0 spiro atoms. The van der Waals surface area contributed by atoms with Gasteiger partial charge in [0.05, 0.1) is 5.60 Å². The zero-order valence-corrected chi connectivity index (χ0v) is 17.9. The number of aliphatic hydroxyl groups is 1. The molecule has 4 heteroatoms. The summed E-state index contributed by atoms with van der Waals surface area (Å²) >= 11 is 0. The van der Waals surface area contributed by atoms with Crippen molar-refractivity contribution >= 4 is 27.6 Å². The van der Waals surface area contributed by atoms with Crippen molar-refractivity contribution < 1.29 is 14.6 Å². The zero-order chi connectivity index (χ0) is 21.1. The van der Waals surface area contributed by atoms with Gasteiger partial charge in [-0.05, 0) is 66.8 Å². The van der Waals surface area contributed by atoms with Crippen LogP contribution in [-0.4, -0.2) is 33.8 Å². The summed E-state index contributed by atoms with van der Waals surface area (Å²) in [5.41, 5.74) is -0.474. The lowest BCUT2D eigenvalue weighted by Crippen LogP contribution is -2.53. The highest BCUT2D eigenvalue weighted by Gasteiger charge is 2.51. The Balaban J connectivity index is 1.59. The molecule has 2 unspecified atom stereocenters. The summed E-state index contributed by atoms with van der Waals surface area (Å²) in [5, 5.41) is 16.6. The molecular weight excluding hydrogens is 374 g/mol. The summed E-state index contributed by atoms with van der Waals surface area (Å²) in [4.78, 5) is 14.8. The Morgan fingerprint density at radius 1 is 0.967 bits per heavy atom. The highest BCUT2D eigenvalue weighted by molar-refractivity contribution is 6.03. The number of carbonyl (C=O) groups is 1. The first-order chi connectivity index (χ1) is 14.3.